The molecule has 0 spiro atoms. The van der Waals surface area contributed by atoms with Crippen molar-refractivity contribution in [1.29, 1.82) is 0 Å². The number of anilines is 1. The maximum absolute atomic E-state index is 13.0. The van der Waals surface area contributed by atoms with Crippen LogP contribution in [0.4, 0.5) is 10.1 Å². The number of rotatable bonds is 4. The van der Waals surface area contributed by atoms with E-state index < -0.39 is 15.8 Å². The molecule has 5 nitrogen and oxygen atoms in total. The highest BCUT2D eigenvalue weighted by Crippen LogP contribution is 2.28. The average Bonchev–Trinajstić information content (AvgIpc) is 2.65. The zero-order valence-electron chi connectivity index (χ0n) is 14.2. The fourth-order valence-electron chi connectivity index (χ4n) is 2.94. The number of carbonyl (C=O) groups excluding carboxylic acids is 1. The summed E-state index contributed by atoms with van der Waals surface area (Å²) in [5.74, 6) is -1.05. The molecule has 1 N–H and O–H groups in total. The topological polar surface area (TPSA) is 66.5 Å². The van der Waals surface area contributed by atoms with Gasteiger partial charge in [0.15, 0.2) is 0 Å². The number of halogens is 3. The molecule has 1 saturated heterocycles. The van der Waals surface area contributed by atoms with E-state index >= 15 is 0 Å². The van der Waals surface area contributed by atoms with Crippen molar-refractivity contribution >= 4 is 44.8 Å². The fourth-order valence-corrected chi connectivity index (χ4v) is 4.75. The van der Waals surface area contributed by atoms with Gasteiger partial charge in [-0.05, 0) is 55.3 Å². The molecule has 9 heteroatoms. The largest absolute Gasteiger partial charge is 0.324 e. The summed E-state index contributed by atoms with van der Waals surface area (Å²) in [6.45, 7) is 0.419. The maximum atomic E-state index is 13.0. The van der Waals surface area contributed by atoms with E-state index in [9.17, 15) is 17.6 Å². The second-order valence-corrected chi connectivity index (χ2v) is 9.03. The van der Waals surface area contributed by atoms with Crippen molar-refractivity contribution in [1.82, 2.24) is 4.31 Å². The Kier molecular flexibility index (Phi) is 6.05. The lowest BCUT2D eigenvalue weighted by Crippen LogP contribution is -2.41. The monoisotopic (exact) mass is 430 g/mol. The number of hydrogen-bond acceptors (Lipinski definition) is 3. The van der Waals surface area contributed by atoms with Crippen LogP contribution in [0.5, 0.6) is 0 Å². The van der Waals surface area contributed by atoms with Crippen molar-refractivity contribution in [2.24, 2.45) is 5.92 Å². The molecule has 0 atom stereocenters. The van der Waals surface area contributed by atoms with Crippen molar-refractivity contribution < 1.29 is 17.6 Å². The van der Waals surface area contributed by atoms with Crippen LogP contribution in [0.25, 0.3) is 0 Å². The number of sulfonamides is 1. The minimum atomic E-state index is -3.70. The van der Waals surface area contributed by atoms with Crippen molar-refractivity contribution in [2.45, 2.75) is 17.7 Å². The predicted molar refractivity (Wildman–Crippen MR) is 103 cm³/mol. The highest BCUT2D eigenvalue weighted by atomic mass is 35.5. The van der Waals surface area contributed by atoms with Crippen LogP contribution in [0.1, 0.15) is 12.8 Å². The van der Waals surface area contributed by atoms with Crippen molar-refractivity contribution in [3.05, 3.63) is 58.3 Å². The third-order valence-electron chi connectivity index (χ3n) is 4.46. The first-order valence-corrected chi connectivity index (χ1v) is 10.5. The number of piperidine rings is 1. The second-order valence-electron chi connectivity index (χ2n) is 6.25. The summed E-state index contributed by atoms with van der Waals surface area (Å²) in [4.78, 5) is 12.5. The highest BCUT2D eigenvalue weighted by molar-refractivity contribution is 7.89. The van der Waals surface area contributed by atoms with Crippen molar-refractivity contribution in [3.63, 3.8) is 0 Å². The van der Waals surface area contributed by atoms with Gasteiger partial charge in [0.1, 0.15) is 5.82 Å². The van der Waals surface area contributed by atoms with Gasteiger partial charge >= 0.3 is 0 Å². The van der Waals surface area contributed by atoms with Crippen LogP contribution in [0.3, 0.4) is 0 Å². The molecular weight excluding hydrogens is 414 g/mol. The zero-order valence-corrected chi connectivity index (χ0v) is 16.5. The Labute approximate surface area is 167 Å². The van der Waals surface area contributed by atoms with Gasteiger partial charge in [0.25, 0.3) is 0 Å². The van der Waals surface area contributed by atoms with Crippen LogP contribution in [-0.4, -0.2) is 31.7 Å². The minimum Gasteiger partial charge on any atom is -0.324 e. The summed E-state index contributed by atoms with van der Waals surface area (Å²) in [6, 6.07) is 9.49. The van der Waals surface area contributed by atoms with Gasteiger partial charge in [0, 0.05) is 24.0 Å². The first-order chi connectivity index (χ1) is 12.8. The van der Waals surface area contributed by atoms with Crippen molar-refractivity contribution in [2.75, 3.05) is 18.4 Å². The fraction of sp³-hybridized carbons (Fsp3) is 0.278. The van der Waals surface area contributed by atoms with E-state index in [0.717, 1.165) is 12.1 Å². The van der Waals surface area contributed by atoms with Gasteiger partial charge in [-0.15, -0.1) is 0 Å². The molecule has 0 saturated carbocycles. The van der Waals surface area contributed by atoms with Gasteiger partial charge in [0.2, 0.25) is 15.9 Å². The Balaban J connectivity index is 1.63. The number of nitrogens with zero attached hydrogens (tertiary/aromatic N) is 1. The molecule has 0 aliphatic carbocycles. The maximum Gasteiger partial charge on any atom is 0.243 e. The first kappa shape index (κ1) is 20.1. The quantitative estimate of drug-likeness (QED) is 0.790. The van der Waals surface area contributed by atoms with Crippen LogP contribution in [0.15, 0.2) is 47.4 Å². The molecule has 1 amide bonds. The molecule has 144 valence electrons. The Bertz CT molecular complexity index is 944. The van der Waals surface area contributed by atoms with E-state index in [1.54, 1.807) is 18.2 Å². The minimum absolute atomic E-state index is 0.0394. The van der Waals surface area contributed by atoms with Crippen molar-refractivity contribution in [3.8, 4) is 0 Å². The molecule has 1 fully saturated rings. The number of amides is 1. The van der Waals surface area contributed by atoms with Gasteiger partial charge in [-0.3, -0.25) is 4.79 Å². The van der Waals surface area contributed by atoms with Gasteiger partial charge in [-0.2, -0.15) is 4.31 Å². The molecule has 2 aromatic carbocycles. The van der Waals surface area contributed by atoms with Gasteiger partial charge in [-0.25, -0.2) is 12.8 Å². The van der Waals surface area contributed by atoms with E-state index in [1.165, 1.54) is 16.4 Å². The van der Waals surface area contributed by atoms with E-state index in [-0.39, 0.29) is 29.8 Å². The molecule has 1 heterocycles. The smallest absolute Gasteiger partial charge is 0.243 e. The lowest BCUT2D eigenvalue weighted by molar-refractivity contribution is -0.120. The third-order valence-corrected chi connectivity index (χ3v) is 6.94. The van der Waals surface area contributed by atoms with Gasteiger partial charge < -0.3 is 5.32 Å². The summed E-state index contributed by atoms with van der Waals surface area (Å²) in [6.07, 6.45) is 0.759. The first-order valence-electron chi connectivity index (χ1n) is 8.29. The van der Waals surface area contributed by atoms with Gasteiger partial charge in [0.05, 0.1) is 15.6 Å². The number of benzene rings is 2. The lowest BCUT2D eigenvalue weighted by atomic mass is 9.97. The Hall–Kier alpha value is -1.67. The summed E-state index contributed by atoms with van der Waals surface area (Å²) in [5, 5.41) is 3.58. The number of nitrogens with one attached hydrogen (secondary N) is 1. The van der Waals surface area contributed by atoms with E-state index in [2.05, 4.69) is 5.32 Å². The third kappa shape index (κ3) is 4.60. The molecule has 0 aromatic heterocycles. The number of hydrogen-bond donors (Lipinski definition) is 1. The summed E-state index contributed by atoms with van der Waals surface area (Å²) in [7, 11) is -3.70. The number of carbonyl (C=O) groups is 1. The van der Waals surface area contributed by atoms with Crippen LogP contribution in [0.2, 0.25) is 10.0 Å². The Morgan fingerprint density at radius 3 is 2.33 bits per heavy atom. The molecule has 1 aliphatic heterocycles. The molecule has 0 bridgehead atoms. The predicted octanol–water partition coefficient (Wildman–Crippen LogP) is 4.17. The standard InChI is InChI=1S/C18H17Cl2FN2O3S/c19-13-1-6-16(20)17(11-13)22-18(24)12-7-9-23(10-8-12)27(25,26)15-4-2-14(21)3-5-15/h1-6,11-12H,7-10H2,(H,22,24). The lowest BCUT2D eigenvalue weighted by Gasteiger charge is -2.30. The van der Waals surface area contributed by atoms with Crippen LogP contribution in [-0.2, 0) is 14.8 Å². The zero-order chi connectivity index (χ0) is 19.6. The van der Waals surface area contributed by atoms with E-state index in [4.69, 9.17) is 23.2 Å². The van der Waals surface area contributed by atoms with Crippen LogP contribution >= 0.6 is 23.2 Å². The summed E-state index contributed by atoms with van der Waals surface area (Å²) < 4.78 is 39.6. The SMILES string of the molecule is O=C(Nc1cc(Cl)ccc1Cl)C1CCN(S(=O)(=O)c2ccc(F)cc2)CC1. The van der Waals surface area contributed by atoms with E-state index in [0.29, 0.717) is 28.6 Å². The van der Waals surface area contributed by atoms with Crippen LogP contribution < -0.4 is 5.32 Å². The highest BCUT2D eigenvalue weighted by Gasteiger charge is 2.32. The molecule has 0 unspecified atom stereocenters. The summed E-state index contributed by atoms with van der Waals surface area (Å²) in [5.41, 5.74) is 0.426. The molecule has 27 heavy (non-hydrogen) atoms. The molecular formula is C18H17Cl2FN2O3S. The Morgan fingerprint density at radius 2 is 1.70 bits per heavy atom. The average molecular weight is 431 g/mol. The van der Waals surface area contributed by atoms with Gasteiger partial charge in [-0.1, -0.05) is 23.2 Å². The molecule has 2 aromatic rings. The molecule has 1 aliphatic rings. The van der Waals surface area contributed by atoms with E-state index in [1.807, 2.05) is 0 Å². The molecule has 0 radical (unpaired) electrons. The Morgan fingerprint density at radius 1 is 1.07 bits per heavy atom. The second kappa shape index (κ2) is 8.14. The normalized spacial score (nSPS) is 16.3. The van der Waals surface area contributed by atoms with Crippen LogP contribution in [0, 0.1) is 11.7 Å². The summed E-state index contributed by atoms with van der Waals surface area (Å²) >= 11 is 12.0. The molecule has 3 rings (SSSR count).